The second-order valence-electron chi connectivity index (χ2n) is 7.38. The predicted molar refractivity (Wildman–Crippen MR) is 106 cm³/mol. The van der Waals surface area contributed by atoms with Gasteiger partial charge in [-0.05, 0) is 24.3 Å². The van der Waals surface area contributed by atoms with E-state index in [1.54, 1.807) is 18.2 Å². The molecule has 1 atom stereocenters. The van der Waals surface area contributed by atoms with Crippen LogP contribution >= 0.6 is 11.6 Å². The third-order valence-electron chi connectivity index (χ3n) is 4.80. The minimum absolute atomic E-state index is 0.0830. The highest BCUT2D eigenvalue weighted by Gasteiger charge is 2.46. The number of nitrogens with zero attached hydrogens (tertiary/aromatic N) is 2. The largest absolute Gasteiger partial charge is 0.490 e. The van der Waals surface area contributed by atoms with Gasteiger partial charge in [0.1, 0.15) is 11.9 Å². The van der Waals surface area contributed by atoms with Gasteiger partial charge in [-0.2, -0.15) is 13.2 Å². The first-order chi connectivity index (χ1) is 15.3. The number of alkyl halides is 5. The molecule has 2 aliphatic heterocycles. The predicted octanol–water partition coefficient (Wildman–Crippen LogP) is 3.39. The number of benzene rings is 1. The molecule has 0 radical (unpaired) electrons. The molecule has 0 aliphatic carbocycles. The summed E-state index contributed by atoms with van der Waals surface area (Å²) in [4.78, 5) is 26.4. The van der Waals surface area contributed by atoms with Crippen LogP contribution in [0.5, 0.6) is 5.75 Å². The lowest BCUT2D eigenvalue weighted by Crippen LogP contribution is -2.58. The zero-order valence-electron chi connectivity index (χ0n) is 16.7. The Kier molecular flexibility index (Phi) is 6.80. The van der Waals surface area contributed by atoms with Gasteiger partial charge in [-0.15, -0.1) is 0 Å². The van der Waals surface area contributed by atoms with Gasteiger partial charge >= 0.3 is 12.1 Å². The van der Waals surface area contributed by atoms with Crippen LogP contribution in [0.25, 0.3) is 11.3 Å². The number of carbonyl (C=O) groups is 2. The number of ether oxygens (including phenoxy) is 1. The Bertz CT molecular complexity index is 1050. The van der Waals surface area contributed by atoms with Crippen molar-refractivity contribution < 1.29 is 41.4 Å². The molecule has 2 aromatic rings. The molecule has 178 valence electrons. The van der Waals surface area contributed by atoms with Gasteiger partial charge in [-0.3, -0.25) is 9.78 Å². The number of aromatic nitrogens is 1. The van der Waals surface area contributed by atoms with E-state index >= 15 is 0 Å². The fourth-order valence-electron chi connectivity index (χ4n) is 3.20. The van der Waals surface area contributed by atoms with Gasteiger partial charge < -0.3 is 20.5 Å². The number of amides is 1. The molecular weight excluding hydrogens is 477 g/mol. The van der Waals surface area contributed by atoms with Crippen molar-refractivity contribution in [3.05, 3.63) is 46.6 Å². The number of aliphatic carboxylic acids is 1. The van der Waals surface area contributed by atoms with Crippen LogP contribution in [0.4, 0.5) is 22.0 Å². The summed E-state index contributed by atoms with van der Waals surface area (Å²) in [6.07, 6.45) is -3.09. The first-order valence-electron chi connectivity index (χ1n) is 9.43. The summed E-state index contributed by atoms with van der Waals surface area (Å²) in [5.41, 5.74) is 8.33. The average molecular weight is 494 g/mol. The summed E-state index contributed by atoms with van der Waals surface area (Å²) in [5.74, 6) is -5.33. The number of rotatable bonds is 3. The van der Waals surface area contributed by atoms with Crippen molar-refractivity contribution in [1.82, 2.24) is 9.88 Å². The monoisotopic (exact) mass is 493 g/mol. The lowest BCUT2D eigenvalue weighted by Gasteiger charge is -2.38. The molecule has 2 aliphatic rings. The van der Waals surface area contributed by atoms with Crippen molar-refractivity contribution in [2.45, 2.75) is 24.6 Å². The molecule has 1 aromatic heterocycles. The molecular formula is C20H17ClF5N3O4. The number of hydrogen-bond donors (Lipinski definition) is 2. The normalized spacial score (nSPS) is 18.4. The second-order valence-corrected chi connectivity index (χ2v) is 7.79. The van der Waals surface area contributed by atoms with E-state index in [1.807, 2.05) is 6.07 Å². The van der Waals surface area contributed by atoms with Crippen molar-refractivity contribution in [3.63, 3.8) is 0 Å². The van der Waals surface area contributed by atoms with Gasteiger partial charge in [-0.1, -0.05) is 11.6 Å². The van der Waals surface area contributed by atoms with Crippen LogP contribution in [0, 0.1) is 0 Å². The average Bonchev–Trinajstić information content (AvgIpc) is 3.15. The molecule has 1 amide bonds. The molecule has 7 nitrogen and oxygen atoms in total. The third-order valence-corrected chi connectivity index (χ3v) is 5.08. The van der Waals surface area contributed by atoms with Crippen LogP contribution in [0.15, 0.2) is 30.5 Å². The molecule has 13 heteroatoms. The lowest BCUT2D eigenvalue weighted by molar-refractivity contribution is -0.192. The molecule has 0 spiro atoms. The molecule has 0 bridgehead atoms. The third kappa shape index (κ3) is 5.69. The van der Waals surface area contributed by atoms with Gasteiger partial charge in [0.15, 0.2) is 0 Å². The highest BCUT2D eigenvalue weighted by atomic mass is 35.5. The van der Waals surface area contributed by atoms with Crippen LogP contribution in [-0.4, -0.2) is 64.7 Å². The second kappa shape index (κ2) is 9.10. The molecule has 3 heterocycles. The van der Waals surface area contributed by atoms with Crippen LogP contribution < -0.4 is 10.5 Å². The number of nitrogens with two attached hydrogens (primary N) is 1. The molecule has 1 saturated heterocycles. The van der Waals surface area contributed by atoms with Crippen molar-refractivity contribution in [2.75, 3.05) is 19.6 Å². The maximum atomic E-state index is 12.9. The first kappa shape index (κ1) is 24.6. The quantitative estimate of drug-likeness (QED) is 0.635. The number of carboxylic acid groups (broad SMARTS) is 1. The zero-order valence-corrected chi connectivity index (χ0v) is 17.5. The van der Waals surface area contributed by atoms with E-state index in [0.717, 1.165) is 16.0 Å². The number of carbonyl (C=O) groups excluding carboxylic acids is 1. The van der Waals surface area contributed by atoms with Crippen molar-refractivity contribution in [1.29, 1.82) is 0 Å². The molecule has 33 heavy (non-hydrogen) atoms. The van der Waals surface area contributed by atoms with E-state index in [4.69, 9.17) is 32.0 Å². The molecule has 1 fully saturated rings. The number of likely N-dealkylation sites (tertiary alicyclic amines) is 1. The van der Waals surface area contributed by atoms with Crippen molar-refractivity contribution >= 4 is 23.5 Å². The highest BCUT2D eigenvalue weighted by molar-refractivity contribution is 6.32. The van der Waals surface area contributed by atoms with Crippen molar-refractivity contribution in [2.24, 2.45) is 5.73 Å². The Morgan fingerprint density at radius 1 is 1.27 bits per heavy atom. The first-order valence-corrected chi connectivity index (χ1v) is 9.81. The fourth-order valence-corrected chi connectivity index (χ4v) is 3.48. The van der Waals surface area contributed by atoms with Crippen LogP contribution in [0.1, 0.15) is 15.9 Å². The van der Waals surface area contributed by atoms with E-state index in [2.05, 4.69) is 4.98 Å². The number of hydrogen-bond acceptors (Lipinski definition) is 5. The van der Waals surface area contributed by atoms with Gasteiger partial charge in [0.05, 0.1) is 29.4 Å². The smallest absolute Gasteiger partial charge is 0.487 e. The van der Waals surface area contributed by atoms with E-state index in [1.165, 1.54) is 6.20 Å². The summed E-state index contributed by atoms with van der Waals surface area (Å²) < 4.78 is 63.3. The summed E-state index contributed by atoms with van der Waals surface area (Å²) in [6, 6.07) is 6.96. The van der Waals surface area contributed by atoms with Gasteiger partial charge in [0, 0.05) is 30.3 Å². The van der Waals surface area contributed by atoms with E-state index in [-0.39, 0.29) is 11.7 Å². The standard InChI is InChI=1S/C18H16ClF2N3O2.C2HF3O2/c19-14-5-11(3-12-4-13(6-22)26-16(12)14)15-2-1-10(7-23-15)17(25)24-8-18(20,21)9-24;3-2(4,5)1(6)7/h1-3,5,7,13H,4,6,8-9,22H2;(H,6,7). The topological polar surface area (TPSA) is 106 Å². The molecule has 3 N–H and O–H groups in total. The maximum absolute atomic E-state index is 12.9. The number of fused-ring (bicyclic) bond motifs is 1. The number of halogens is 6. The SMILES string of the molecule is NCC1Cc2cc(-c3ccc(C(=O)N4CC(F)(F)C4)cn3)cc(Cl)c2O1.O=C(O)C(F)(F)F. The summed E-state index contributed by atoms with van der Waals surface area (Å²) in [6.45, 7) is -0.683. The van der Waals surface area contributed by atoms with Gasteiger partial charge in [0.2, 0.25) is 0 Å². The fraction of sp³-hybridized carbons (Fsp3) is 0.350. The molecule has 0 saturated carbocycles. The Morgan fingerprint density at radius 2 is 1.91 bits per heavy atom. The van der Waals surface area contributed by atoms with E-state index < -0.39 is 37.1 Å². The Balaban J connectivity index is 0.000000383. The van der Waals surface area contributed by atoms with Crippen LogP contribution in [-0.2, 0) is 11.2 Å². The molecule has 1 unspecified atom stereocenters. The number of pyridine rings is 1. The Labute approximate surface area is 188 Å². The minimum atomic E-state index is -5.08. The summed E-state index contributed by atoms with van der Waals surface area (Å²) in [7, 11) is 0. The van der Waals surface area contributed by atoms with E-state index in [0.29, 0.717) is 29.4 Å². The molecule has 1 aromatic carbocycles. The van der Waals surface area contributed by atoms with Crippen molar-refractivity contribution in [3.8, 4) is 17.0 Å². The van der Waals surface area contributed by atoms with E-state index in [9.17, 15) is 26.7 Å². The Morgan fingerprint density at radius 3 is 2.39 bits per heavy atom. The van der Waals surface area contributed by atoms with Gasteiger partial charge in [-0.25, -0.2) is 13.6 Å². The minimum Gasteiger partial charge on any atom is -0.487 e. The maximum Gasteiger partial charge on any atom is 0.490 e. The highest BCUT2D eigenvalue weighted by Crippen LogP contribution is 2.39. The summed E-state index contributed by atoms with van der Waals surface area (Å²) >= 11 is 6.30. The lowest BCUT2D eigenvalue weighted by atomic mass is 10.0. The Hall–Kier alpha value is -2.99. The van der Waals surface area contributed by atoms with Crippen LogP contribution in [0.3, 0.4) is 0 Å². The molecule has 4 rings (SSSR count). The number of carboxylic acids is 1. The summed E-state index contributed by atoms with van der Waals surface area (Å²) in [5, 5.41) is 7.61. The van der Waals surface area contributed by atoms with Crippen LogP contribution in [0.2, 0.25) is 5.02 Å². The zero-order chi connectivity index (χ0) is 24.6. The van der Waals surface area contributed by atoms with Gasteiger partial charge in [0.25, 0.3) is 11.8 Å².